The average Bonchev–Trinajstić information content (AvgIpc) is 2.63. The van der Waals surface area contributed by atoms with Crippen LogP contribution in [0.4, 0.5) is 0 Å². The summed E-state index contributed by atoms with van der Waals surface area (Å²) in [5.74, 6) is 0.961. The van der Waals surface area contributed by atoms with Gasteiger partial charge in [0.2, 0.25) is 0 Å². The zero-order valence-corrected chi connectivity index (χ0v) is 15.7. The monoisotopic (exact) mass is 365 g/mol. The first-order chi connectivity index (χ1) is 11.3. The first-order valence-electron chi connectivity index (χ1n) is 7.87. The number of halogens is 1. The summed E-state index contributed by atoms with van der Waals surface area (Å²) < 4.78 is 5.52. The Morgan fingerprint density at radius 3 is 2.96 bits per heavy atom. The molecule has 0 bridgehead atoms. The summed E-state index contributed by atoms with van der Waals surface area (Å²) in [4.78, 5) is 7.97. The number of ether oxygens (including phenoxy) is 1. The van der Waals surface area contributed by atoms with Gasteiger partial charge in [0.05, 0.1) is 7.11 Å². The maximum Gasteiger partial charge on any atom is 0.132 e. The van der Waals surface area contributed by atoms with E-state index in [4.69, 9.17) is 4.74 Å². The van der Waals surface area contributed by atoms with E-state index in [9.17, 15) is 0 Å². The van der Waals surface area contributed by atoms with Crippen LogP contribution in [0.15, 0.2) is 47.6 Å². The predicted octanol–water partition coefficient (Wildman–Crippen LogP) is 3.38. The molecule has 1 aliphatic heterocycles. The molecule has 1 unspecified atom stereocenters. The van der Waals surface area contributed by atoms with Crippen LogP contribution in [0.2, 0.25) is 0 Å². The Morgan fingerprint density at radius 1 is 1.38 bits per heavy atom. The normalized spacial score (nSPS) is 18.0. The molecule has 0 aliphatic carbocycles. The second-order valence-corrected chi connectivity index (χ2v) is 6.51. The first-order valence-corrected chi connectivity index (χ1v) is 9.10. The molecule has 2 heterocycles. The maximum absolute atomic E-state index is 5.52. The van der Waals surface area contributed by atoms with Gasteiger partial charge in [-0.05, 0) is 35.6 Å². The Bertz CT molecular complexity index is 641. The van der Waals surface area contributed by atoms with Gasteiger partial charge in [-0.1, -0.05) is 12.1 Å². The molecule has 1 N–H and O–H groups in total. The number of rotatable bonds is 5. The van der Waals surface area contributed by atoms with Gasteiger partial charge in [-0.3, -0.25) is 9.88 Å². The van der Waals surface area contributed by atoms with Crippen molar-refractivity contribution in [1.29, 1.82) is 0 Å². The number of thioether (sulfide) groups is 1. The van der Waals surface area contributed by atoms with Crippen LogP contribution in [0.1, 0.15) is 17.2 Å². The number of hydrogen-bond donors (Lipinski definition) is 1. The van der Waals surface area contributed by atoms with Crippen molar-refractivity contribution in [3.8, 4) is 5.75 Å². The van der Waals surface area contributed by atoms with Crippen LogP contribution in [0.25, 0.3) is 0 Å². The minimum absolute atomic E-state index is 0. The summed E-state index contributed by atoms with van der Waals surface area (Å²) in [5.41, 5.74) is 2.56. The van der Waals surface area contributed by atoms with Crippen LogP contribution >= 0.6 is 24.2 Å². The molecule has 1 aromatic heterocycles. The third-order valence-electron chi connectivity index (χ3n) is 4.26. The van der Waals surface area contributed by atoms with Crippen LogP contribution in [0, 0.1) is 0 Å². The Balaban J connectivity index is 0.00000208. The fourth-order valence-electron chi connectivity index (χ4n) is 3.05. The number of pyridine rings is 1. The van der Waals surface area contributed by atoms with Crippen molar-refractivity contribution in [1.82, 2.24) is 15.2 Å². The molecule has 1 aliphatic rings. The van der Waals surface area contributed by atoms with E-state index in [2.05, 4.69) is 45.7 Å². The number of methoxy groups -OCH3 is 1. The number of nitrogens with zero attached hydrogens (tertiary/aromatic N) is 2. The topological polar surface area (TPSA) is 37.4 Å². The van der Waals surface area contributed by atoms with E-state index >= 15 is 0 Å². The van der Waals surface area contributed by atoms with Crippen molar-refractivity contribution in [2.75, 3.05) is 33.0 Å². The van der Waals surface area contributed by atoms with Gasteiger partial charge >= 0.3 is 0 Å². The third-order valence-corrected chi connectivity index (χ3v) is 5.03. The number of nitrogens with one attached hydrogen (secondary N) is 1. The SMILES string of the molecule is COc1cc(CN2CCNCC2c2cccnc2)ccc1SC.Cl. The van der Waals surface area contributed by atoms with Crippen molar-refractivity contribution in [3.63, 3.8) is 0 Å². The van der Waals surface area contributed by atoms with Gasteiger partial charge in [0.25, 0.3) is 0 Å². The van der Waals surface area contributed by atoms with E-state index in [-0.39, 0.29) is 12.4 Å². The van der Waals surface area contributed by atoms with E-state index in [0.717, 1.165) is 31.9 Å². The number of piperazine rings is 1. The van der Waals surface area contributed by atoms with E-state index < -0.39 is 0 Å². The summed E-state index contributed by atoms with van der Waals surface area (Å²) in [5, 5.41) is 3.49. The second-order valence-electron chi connectivity index (χ2n) is 5.67. The summed E-state index contributed by atoms with van der Waals surface area (Å²) in [7, 11) is 1.74. The summed E-state index contributed by atoms with van der Waals surface area (Å²) in [6.45, 7) is 3.95. The van der Waals surface area contributed by atoms with Crippen molar-refractivity contribution in [3.05, 3.63) is 53.9 Å². The fraction of sp³-hybridized carbons (Fsp3) is 0.389. The predicted molar refractivity (Wildman–Crippen MR) is 102 cm³/mol. The highest BCUT2D eigenvalue weighted by Gasteiger charge is 2.24. The summed E-state index contributed by atoms with van der Waals surface area (Å²) in [6, 6.07) is 11.1. The van der Waals surface area contributed by atoms with Gasteiger partial charge in [-0.25, -0.2) is 0 Å². The molecule has 2 aromatic rings. The maximum atomic E-state index is 5.52. The van der Waals surface area contributed by atoms with Gasteiger partial charge < -0.3 is 10.1 Å². The van der Waals surface area contributed by atoms with E-state index in [1.54, 1.807) is 18.9 Å². The lowest BCUT2D eigenvalue weighted by atomic mass is 10.0. The van der Waals surface area contributed by atoms with Gasteiger partial charge in [0.1, 0.15) is 5.75 Å². The van der Waals surface area contributed by atoms with Crippen molar-refractivity contribution in [2.24, 2.45) is 0 Å². The van der Waals surface area contributed by atoms with Crippen LogP contribution in [0.3, 0.4) is 0 Å². The molecular formula is C18H24ClN3OS. The Kier molecular flexibility index (Phi) is 7.37. The highest BCUT2D eigenvalue weighted by Crippen LogP contribution is 2.30. The minimum atomic E-state index is 0. The zero-order valence-electron chi connectivity index (χ0n) is 14.1. The molecule has 0 radical (unpaired) electrons. The Labute approximate surface area is 154 Å². The van der Waals surface area contributed by atoms with Gasteiger partial charge in [-0.2, -0.15) is 0 Å². The molecule has 130 valence electrons. The van der Waals surface area contributed by atoms with Crippen molar-refractivity contribution >= 4 is 24.2 Å². The lowest BCUT2D eigenvalue weighted by Crippen LogP contribution is -2.45. The summed E-state index contributed by atoms with van der Waals surface area (Å²) >= 11 is 1.72. The van der Waals surface area contributed by atoms with Crippen molar-refractivity contribution in [2.45, 2.75) is 17.5 Å². The molecule has 1 atom stereocenters. The van der Waals surface area contributed by atoms with E-state index in [1.165, 1.54) is 16.0 Å². The Hall–Kier alpha value is -1.27. The fourth-order valence-corrected chi connectivity index (χ4v) is 3.60. The molecule has 0 amide bonds. The molecular weight excluding hydrogens is 342 g/mol. The standard InChI is InChI=1S/C18H23N3OS.ClH/c1-22-17-10-14(5-6-18(17)23-2)13-21-9-8-20-12-16(21)15-4-3-7-19-11-15;/h3-7,10-11,16,20H,8-9,12-13H2,1-2H3;1H. The lowest BCUT2D eigenvalue weighted by Gasteiger charge is -2.36. The number of aromatic nitrogens is 1. The van der Waals surface area contributed by atoms with Crippen LogP contribution in [-0.4, -0.2) is 42.9 Å². The average molecular weight is 366 g/mol. The molecule has 24 heavy (non-hydrogen) atoms. The minimum Gasteiger partial charge on any atom is -0.496 e. The third kappa shape index (κ3) is 4.42. The quantitative estimate of drug-likeness (QED) is 0.822. The highest BCUT2D eigenvalue weighted by atomic mass is 35.5. The van der Waals surface area contributed by atoms with Gasteiger partial charge in [0, 0.05) is 49.5 Å². The molecule has 0 saturated carbocycles. The highest BCUT2D eigenvalue weighted by molar-refractivity contribution is 7.98. The van der Waals surface area contributed by atoms with Crippen molar-refractivity contribution < 1.29 is 4.74 Å². The zero-order chi connectivity index (χ0) is 16.1. The van der Waals surface area contributed by atoms with Crippen LogP contribution in [-0.2, 0) is 6.54 Å². The molecule has 1 aromatic carbocycles. The number of benzene rings is 1. The van der Waals surface area contributed by atoms with Crippen LogP contribution in [0.5, 0.6) is 5.75 Å². The lowest BCUT2D eigenvalue weighted by molar-refractivity contribution is 0.153. The molecule has 4 nitrogen and oxygen atoms in total. The molecule has 0 spiro atoms. The molecule has 3 rings (SSSR count). The van der Waals surface area contributed by atoms with E-state index in [0.29, 0.717) is 6.04 Å². The summed E-state index contributed by atoms with van der Waals surface area (Å²) in [6.07, 6.45) is 5.88. The first kappa shape index (κ1) is 19.1. The molecule has 1 saturated heterocycles. The van der Waals surface area contributed by atoms with E-state index in [1.807, 2.05) is 18.5 Å². The Morgan fingerprint density at radius 2 is 2.25 bits per heavy atom. The smallest absolute Gasteiger partial charge is 0.132 e. The van der Waals surface area contributed by atoms with Crippen LogP contribution < -0.4 is 10.1 Å². The van der Waals surface area contributed by atoms with Gasteiger partial charge in [-0.15, -0.1) is 24.2 Å². The van der Waals surface area contributed by atoms with Gasteiger partial charge in [0.15, 0.2) is 0 Å². The largest absolute Gasteiger partial charge is 0.496 e. The number of hydrogen-bond acceptors (Lipinski definition) is 5. The second kappa shape index (κ2) is 9.28. The molecule has 1 fully saturated rings. The molecule has 6 heteroatoms.